The fourth-order valence-corrected chi connectivity index (χ4v) is 2.12. The van der Waals surface area contributed by atoms with E-state index in [1.165, 1.54) is 11.1 Å². The van der Waals surface area contributed by atoms with Crippen LogP contribution in [0.1, 0.15) is 37.3 Å². The third kappa shape index (κ3) is 6.40. The van der Waals surface area contributed by atoms with Gasteiger partial charge in [-0.1, -0.05) is 42.0 Å². The Morgan fingerprint density at radius 3 is 2.84 bits per heavy atom. The van der Waals surface area contributed by atoms with Crippen molar-refractivity contribution in [1.29, 1.82) is 0 Å². The van der Waals surface area contributed by atoms with Crippen molar-refractivity contribution < 1.29 is 4.79 Å². The first kappa shape index (κ1) is 15.7. The second kappa shape index (κ2) is 9.57. The van der Waals surface area contributed by atoms with E-state index in [2.05, 4.69) is 19.1 Å². The Bertz CT molecular complexity index is 446. The highest BCUT2D eigenvalue weighted by Crippen LogP contribution is 2.14. The lowest BCUT2D eigenvalue weighted by molar-refractivity contribution is -0.104. The largest absolute Gasteiger partial charge is 0.299 e. The van der Waals surface area contributed by atoms with Gasteiger partial charge in [-0.25, -0.2) is 0 Å². The Morgan fingerprint density at radius 1 is 1.32 bits per heavy atom. The third-order valence-electron chi connectivity index (χ3n) is 3.02. The van der Waals surface area contributed by atoms with Gasteiger partial charge in [0.2, 0.25) is 0 Å². The van der Waals surface area contributed by atoms with Gasteiger partial charge < -0.3 is 0 Å². The molecule has 0 atom stereocenters. The molecule has 0 aromatic heterocycles. The van der Waals surface area contributed by atoms with Crippen LogP contribution in [0.2, 0.25) is 0 Å². The van der Waals surface area contributed by atoms with Crippen molar-refractivity contribution in [3.63, 3.8) is 0 Å². The molecule has 1 aromatic rings. The van der Waals surface area contributed by atoms with Gasteiger partial charge in [0, 0.05) is 5.88 Å². The number of carbonyl (C=O) groups excluding carboxylic acids is 1. The molecular weight excluding hydrogens is 256 g/mol. The summed E-state index contributed by atoms with van der Waals surface area (Å²) in [6, 6.07) is 8.19. The molecule has 0 aliphatic rings. The molecule has 0 unspecified atom stereocenters. The first-order valence-electron chi connectivity index (χ1n) is 6.69. The second-order valence-electron chi connectivity index (χ2n) is 4.58. The van der Waals surface area contributed by atoms with Crippen LogP contribution in [0.3, 0.4) is 0 Å². The van der Waals surface area contributed by atoms with Crippen LogP contribution in [0.4, 0.5) is 0 Å². The molecule has 0 aliphatic heterocycles. The van der Waals surface area contributed by atoms with Crippen LogP contribution in [0.5, 0.6) is 0 Å². The number of halogens is 1. The number of carbonyl (C=O) groups is 1. The number of alkyl halides is 1. The van der Waals surface area contributed by atoms with Gasteiger partial charge in [0.15, 0.2) is 0 Å². The normalized spacial score (nSPS) is 12.0. The average molecular weight is 277 g/mol. The fraction of sp³-hybridized carbons (Fsp3) is 0.353. The van der Waals surface area contributed by atoms with Gasteiger partial charge in [-0.2, -0.15) is 0 Å². The topological polar surface area (TPSA) is 17.1 Å². The summed E-state index contributed by atoms with van der Waals surface area (Å²) in [6.45, 7) is 2.16. The Balaban J connectivity index is 2.57. The SMILES string of the molecule is CC(=CCCc1ccccc1C=CC=O)CCCCl. The Labute approximate surface area is 121 Å². The average Bonchev–Trinajstić information content (AvgIpc) is 2.44. The molecular formula is C17H21ClO. The first-order chi connectivity index (χ1) is 9.27. The molecule has 0 fully saturated rings. The molecule has 0 spiro atoms. The Kier molecular flexibility index (Phi) is 7.92. The van der Waals surface area contributed by atoms with Gasteiger partial charge in [-0.3, -0.25) is 4.79 Å². The van der Waals surface area contributed by atoms with Crippen molar-refractivity contribution in [3.05, 3.63) is 53.1 Å². The predicted molar refractivity (Wildman–Crippen MR) is 83.6 cm³/mol. The van der Waals surface area contributed by atoms with Crippen LogP contribution in [0, 0.1) is 0 Å². The molecule has 1 aromatic carbocycles. The Morgan fingerprint density at radius 2 is 2.11 bits per heavy atom. The molecule has 0 radical (unpaired) electrons. The monoisotopic (exact) mass is 276 g/mol. The van der Waals surface area contributed by atoms with Gasteiger partial charge in [0.25, 0.3) is 0 Å². The van der Waals surface area contributed by atoms with E-state index in [4.69, 9.17) is 11.6 Å². The molecule has 1 nitrogen and oxygen atoms in total. The van der Waals surface area contributed by atoms with Gasteiger partial charge in [-0.15, -0.1) is 11.6 Å². The van der Waals surface area contributed by atoms with Crippen LogP contribution in [0.25, 0.3) is 6.08 Å². The van der Waals surface area contributed by atoms with E-state index in [1.54, 1.807) is 6.08 Å². The maximum Gasteiger partial charge on any atom is 0.142 e. The predicted octanol–water partition coefficient (Wildman–Crippen LogP) is 4.80. The molecule has 2 heteroatoms. The minimum absolute atomic E-state index is 0.727. The van der Waals surface area contributed by atoms with E-state index in [-0.39, 0.29) is 0 Å². The molecule has 0 saturated heterocycles. The summed E-state index contributed by atoms with van der Waals surface area (Å²) in [5.41, 5.74) is 3.81. The molecule has 1 rings (SSSR count). The molecule has 0 heterocycles. The van der Waals surface area contributed by atoms with Gasteiger partial charge >= 0.3 is 0 Å². The quantitative estimate of drug-likeness (QED) is 0.289. The van der Waals surface area contributed by atoms with Crippen molar-refractivity contribution >= 4 is 24.0 Å². The number of hydrogen-bond acceptors (Lipinski definition) is 1. The lowest BCUT2D eigenvalue weighted by atomic mass is 10.0. The van der Waals surface area contributed by atoms with Crippen LogP contribution in [0.15, 0.2) is 42.0 Å². The molecule has 0 saturated carbocycles. The zero-order valence-corrected chi connectivity index (χ0v) is 12.2. The minimum Gasteiger partial charge on any atom is -0.299 e. The lowest BCUT2D eigenvalue weighted by Crippen LogP contribution is -1.89. The summed E-state index contributed by atoms with van der Waals surface area (Å²) in [5, 5.41) is 0. The molecule has 0 N–H and O–H groups in total. The standard InChI is InChI=1S/C17H21ClO/c1-15(8-5-13-18)7-4-11-16-9-2-3-10-17(16)12-6-14-19/h2-3,6-7,9-10,12,14H,4-5,8,11,13H2,1H3. The summed E-state index contributed by atoms with van der Waals surface area (Å²) in [7, 11) is 0. The molecule has 102 valence electrons. The van der Waals surface area contributed by atoms with Crippen molar-refractivity contribution in [3.8, 4) is 0 Å². The number of aryl methyl sites for hydroxylation is 1. The minimum atomic E-state index is 0.727. The highest BCUT2D eigenvalue weighted by Gasteiger charge is 1.98. The smallest absolute Gasteiger partial charge is 0.142 e. The molecule has 19 heavy (non-hydrogen) atoms. The van der Waals surface area contributed by atoms with Crippen LogP contribution < -0.4 is 0 Å². The third-order valence-corrected chi connectivity index (χ3v) is 3.29. The highest BCUT2D eigenvalue weighted by molar-refractivity contribution is 6.17. The Hall–Kier alpha value is -1.34. The van der Waals surface area contributed by atoms with E-state index < -0.39 is 0 Å². The van der Waals surface area contributed by atoms with Gasteiger partial charge in [-0.05, 0) is 49.8 Å². The van der Waals surface area contributed by atoms with E-state index in [0.29, 0.717) is 0 Å². The van der Waals surface area contributed by atoms with Crippen molar-refractivity contribution in [2.75, 3.05) is 5.88 Å². The van der Waals surface area contributed by atoms with Gasteiger partial charge in [0.05, 0.1) is 0 Å². The molecule has 0 amide bonds. The summed E-state index contributed by atoms with van der Waals surface area (Å²) in [4.78, 5) is 10.4. The van der Waals surface area contributed by atoms with Crippen molar-refractivity contribution in [2.24, 2.45) is 0 Å². The summed E-state index contributed by atoms with van der Waals surface area (Å²) < 4.78 is 0. The zero-order valence-electron chi connectivity index (χ0n) is 11.4. The highest BCUT2D eigenvalue weighted by atomic mass is 35.5. The van der Waals surface area contributed by atoms with Crippen LogP contribution in [-0.2, 0) is 11.2 Å². The summed E-state index contributed by atoms with van der Waals surface area (Å²) in [6.07, 6.45) is 10.7. The van der Waals surface area contributed by atoms with E-state index in [0.717, 1.165) is 43.4 Å². The van der Waals surface area contributed by atoms with Crippen molar-refractivity contribution in [2.45, 2.75) is 32.6 Å². The number of rotatable bonds is 8. The van der Waals surface area contributed by atoms with E-state index >= 15 is 0 Å². The number of hydrogen-bond donors (Lipinski definition) is 0. The molecule has 0 aliphatic carbocycles. The summed E-state index contributed by atoms with van der Waals surface area (Å²) in [5.74, 6) is 0.727. The maximum absolute atomic E-state index is 10.4. The fourth-order valence-electron chi connectivity index (χ4n) is 1.99. The number of benzene rings is 1. The zero-order chi connectivity index (χ0) is 13.9. The number of aldehydes is 1. The number of allylic oxidation sites excluding steroid dienone is 3. The van der Waals surface area contributed by atoms with Crippen molar-refractivity contribution in [1.82, 2.24) is 0 Å². The van der Waals surface area contributed by atoms with Crippen LogP contribution in [-0.4, -0.2) is 12.2 Å². The van der Waals surface area contributed by atoms with Crippen LogP contribution >= 0.6 is 11.6 Å². The van der Waals surface area contributed by atoms with Gasteiger partial charge in [0.1, 0.15) is 6.29 Å². The van der Waals surface area contributed by atoms with E-state index in [1.807, 2.05) is 24.3 Å². The summed E-state index contributed by atoms with van der Waals surface area (Å²) >= 11 is 5.68. The maximum atomic E-state index is 10.4. The lowest BCUT2D eigenvalue weighted by Gasteiger charge is -2.05. The van der Waals surface area contributed by atoms with E-state index in [9.17, 15) is 4.79 Å². The first-order valence-corrected chi connectivity index (χ1v) is 7.22. The molecule has 0 bridgehead atoms. The second-order valence-corrected chi connectivity index (χ2v) is 4.95.